The molecule has 0 fully saturated rings. The minimum absolute atomic E-state index is 0.756. The van der Waals surface area contributed by atoms with Crippen molar-refractivity contribution in [2.75, 3.05) is 5.32 Å². The van der Waals surface area contributed by atoms with Crippen molar-refractivity contribution in [1.82, 2.24) is 20.1 Å². The van der Waals surface area contributed by atoms with Crippen molar-refractivity contribution >= 4 is 39.2 Å². The first kappa shape index (κ1) is 19.8. The first-order valence-corrected chi connectivity index (χ1v) is 10.7. The molecule has 0 saturated carbocycles. The highest BCUT2D eigenvalue weighted by atomic mass is 16.3. The van der Waals surface area contributed by atoms with Gasteiger partial charge in [0, 0.05) is 29.0 Å². The number of nitrogens with zero attached hydrogens (tertiary/aromatic N) is 4. The number of hydrogen-bond acceptors (Lipinski definition) is 6. The molecule has 7 nitrogen and oxygen atoms in total. The third kappa shape index (κ3) is 3.80. The average molecular weight is 425 g/mol. The number of anilines is 1. The van der Waals surface area contributed by atoms with Gasteiger partial charge in [0.15, 0.2) is 17.8 Å². The summed E-state index contributed by atoms with van der Waals surface area (Å²) in [5, 5.41) is 11.8. The summed E-state index contributed by atoms with van der Waals surface area (Å²) in [6, 6.07) is 12.1. The van der Waals surface area contributed by atoms with E-state index in [4.69, 9.17) is 9.41 Å². The second-order valence-corrected chi connectivity index (χ2v) is 7.57. The zero-order valence-electron chi connectivity index (χ0n) is 18.0. The maximum Gasteiger partial charge on any atom is 0.181 e. The van der Waals surface area contributed by atoms with Gasteiger partial charge in [-0.2, -0.15) is 5.10 Å². The molecule has 32 heavy (non-hydrogen) atoms. The summed E-state index contributed by atoms with van der Waals surface area (Å²) in [7, 11) is 0. The summed E-state index contributed by atoms with van der Waals surface area (Å²) in [6.07, 6.45) is 13.6. The monoisotopic (exact) mass is 424 g/mol. The van der Waals surface area contributed by atoms with Gasteiger partial charge in [-0.1, -0.05) is 37.6 Å². The van der Waals surface area contributed by atoms with E-state index >= 15 is 0 Å². The Morgan fingerprint density at radius 2 is 2.12 bits per heavy atom. The summed E-state index contributed by atoms with van der Waals surface area (Å²) in [6.45, 7) is 4.18. The van der Waals surface area contributed by atoms with Crippen LogP contribution in [0.25, 0.3) is 27.7 Å². The number of aromatic amines is 1. The zero-order chi connectivity index (χ0) is 21.9. The number of benzene rings is 2. The number of unbranched alkanes of at least 4 members (excludes halogenated alkanes) is 1. The fourth-order valence-electron chi connectivity index (χ4n) is 3.70. The summed E-state index contributed by atoms with van der Waals surface area (Å²) < 4.78 is 5.37. The Balaban J connectivity index is 1.58. The van der Waals surface area contributed by atoms with Crippen molar-refractivity contribution in [3.63, 3.8) is 0 Å². The molecule has 4 aromatic rings. The van der Waals surface area contributed by atoms with Crippen molar-refractivity contribution in [1.29, 1.82) is 0 Å². The molecule has 0 aliphatic carbocycles. The molecule has 0 spiro atoms. The Morgan fingerprint density at radius 3 is 3.00 bits per heavy atom. The fourth-order valence-corrected chi connectivity index (χ4v) is 3.70. The van der Waals surface area contributed by atoms with E-state index in [0.717, 1.165) is 63.3 Å². The molecule has 0 bridgehead atoms. The first-order valence-electron chi connectivity index (χ1n) is 10.7. The summed E-state index contributed by atoms with van der Waals surface area (Å²) in [5.74, 6) is 0.779. The predicted octanol–water partition coefficient (Wildman–Crippen LogP) is 6.05. The molecule has 0 unspecified atom stereocenters. The van der Waals surface area contributed by atoms with Crippen molar-refractivity contribution in [3.8, 4) is 0 Å². The lowest BCUT2D eigenvalue weighted by Crippen LogP contribution is -2.27. The van der Waals surface area contributed by atoms with E-state index < -0.39 is 0 Å². The van der Waals surface area contributed by atoms with E-state index in [-0.39, 0.29) is 0 Å². The van der Waals surface area contributed by atoms with Gasteiger partial charge in [-0.15, -0.1) is 0 Å². The van der Waals surface area contributed by atoms with E-state index in [1.165, 1.54) is 6.39 Å². The van der Waals surface area contributed by atoms with Gasteiger partial charge in [-0.25, -0.2) is 9.98 Å². The van der Waals surface area contributed by atoms with E-state index in [9.17, 15) is 0 Å². The quantitative estimate of drug-likeness (QED) is 0.408. The number of fused-ring (bicyclic) bond motifs is 2. The highest BCUT2D eigenvalue weighted by Gasteiger charge is 2.20. The van der Waals surface area contributed by atoms with Gasteiger partial charge in [0.05, 0.1) is 23.1 Å². The lowest BCUT2D eigenvalue weighted by Gasteiger charge is -2.27. The van der Waals surface area contributed by atoms with Gasteiger partial charge in [-0.3, -0.25) is 5.10 Å². The van der Waals surface area contributed by atoms with Crippen molar-refractivity contribution < 1.29 is 4.42 Å². The molecule has 3 heterocycles. The molecule has 7 heteroatoms. The van der Waals surface area contributed by atoms with E-state index in [1.807, 2.05) is 43.6 Å². The number of nitrogens with one attached hydrogen (secondary N) is 2. The van der Waals surface area contributed by atoms with Crippen LogP contribution in [-0.4, -0.2) is 25.9 Å². The summed E-state index contributed by atoms with van der Waals surface area (Å²) in [4.78, 5) is 11.4. The van der Waals surface area contributed by atoms with Crippen LogP contribution < -0.4 is 5.32 Å². The molecule has 1 aliphatic heterocycles. The number of allylic oxidation sites excluding steroid dienone is 2. The van der Waals surface area contributed by atoms with E-state index in [0.29, 0.717) is 0 Å². The maximum absolute atomic E-state index is 5.37. The van der Waals surface area contributed by atoms with Gasteiger partial charge in [0.1, 0.15) is 5.52 Å². The third-order valence-corrected chi connectivity index (χ3v) is 5.28. The second kappa shape index (κ2) is 8.55. The van der Waals surface area contributed by atoms with Crippen molar-refractivity contribution in [2.45, 2.75) is 26.7 Å². The molecular formula is C25H24N6O. The van der Waals surface area contributed by atoms with Crippen LogP contribution >= 0.6 is 0 Å². The molecule has 2 aromatic carbocycles. The van der Waals surface area contributed by atoms with Gasteiger partial charge >= 0.3 is 0 Å². The molecule has 2 aromatic heterocycles. The Morgan fingerprint density at radius 1 is 1.19 bits per heavy atom. The van der Waals surface area contributed by atoms with Crippen LogP contribution in [0.1, 0.15) is 32.3 Å². The molecule has 0 saturated heterocycles. The van der Waals surface area contributed by atoms with Crippen LogP contribution in [-0.2, 0) is 0 Å². The number of hydrogen-bond donors (Lipinski definition) is 2. The molecule has 1 aliphatic rings. The Hall–Kier alpha value is -4.13. The molecule has 160 valence electrons. The molecule has 2 N–H and O–H groups in total. The Labute approximate surface area is 185 Å². The number of aromatic nitrogens is 3. The summed E-state index contributed by atoms with van der Waals surface area (Å²) in [5.41, 5.74) is 6.32. The zero-order valence-corrected chi connectivity index (χ0v) is 18.0. The molecule has 5 rings (SSSR count). The second-order valence-electron chi connectivity index (χ2n) is 7.57. The van der Waals surface area contributed by atoms with Crippen LogP contribution in [0.2, 0.25) is 0 Å². The van der Waals surface area contributed by atoms with Gasteiger partial charge in [0.2, 0.25) is 0 Å². The predicted molar refractivity (Wildman–Crippen MR) is 129 cm³/mol. The van der Waals surface area contributed by atoms with Gasteiger partial charge < -0.3 is 14.6 Å². The normalized spacial score (nSPS) is 15.7. The molecular weight excluding hydrogens is 400 g/mol. The third-order valence-electron chi connectivity index (χ3n) is 5.28. The molecule has 0 atom stereocenters. The van der Waals surface area contributed by atoms with Crippen molar-refractivity contribution in [3.05, 3.63) is 84.8 Å². The number of amidine groups is 1. The average Bonchev–Trinajstić information content (AvgIpc) is 3.47. The highest BCUT2D eigenvalue weighted by Crippen LogP contribution is 2.29. The first-order chi connectivity index (χ1) is 15.7. The standard InChI is InChI=1S/C25H24N6O/c1-3-5-6-23-25(28-19-9-10-24-21(13-19)26-16-32-24)29-22(15-31(23)11-4-2)17-7-8-18-14-27-30-20(18)12-17/h4,6-16H,3,5H2,1-2H3,(H,27,30)(H,28,29)/b11-4-,23-6+. The minimum Gasteiger partial charge on any atom is -0.443 e. The van der Waals surface area contributed by atoms with Crippen LogP contribution in [0.5, 0.6) is 0 Å². The SMILES string of the molecule is C/C=C\N1C=C(c2ccc3cn[nH]c3c2)N=C(Nc2ccc3ocnc3c2)/C1=C\CCC. The van der Waals surface area contributed by atoms with Crippen LogP contribution in [0.3, 0.4) is 0 Å². The molecule has 0 amide bonds. The van der Waals surface area contributed by atoms with E-state index in [1.54, 1.807) is 0 Å². The number of oxazole rings is 1. The van der Waals surface area contributed by atoms with Crippen LogP contribution in [0.4, 0.5) is 5.69 Å². The largest absolute Gasteiger partial charge is 0.443 e. The number of aliphatic imine (C=N–C) groups is 1. The minimum atomic E-state index is 0.756. The maximum atomic E-state index is 5.37. The van der Waals surface area contributed by atoms with Crippen LogP contribution in [0, 0.1) is 0 Å². The van der Waals surface area contributed by atoms with Crippen LogP contribution in [0.15, 0.2) is 88.6 Å². The number of H-pyrrole nitrogens is 1. The Bertz CT molecular complexity index is 1390. The summed E-state index contributed by atoms with van der Waals surface area (Å²) >= 11 is 0. The Kier molecular flexibility index (Phi) is 5.29. The molecule has 0 radical (unpaired) electrons. The smallest absolute Gasteiger partial charge is 0.181 e. The van der Waals surface area contributed by atoms with Crippen molar-refractivity contribution in [2.24, 2.45) is 4.99 Å². The fraction of sp³-hybridized carbons (Fsp3) is 0.160. The lowest BCUT2D eigenvalue weighted by atomic mass is 10.1. The highest BCUT2D eigenvalue weighted by molar-refractivity contribution is 6.11. The lowest BCUT2D eigenvalue weighted by molar-refractivity contribution is 0.602. The topological polar surface area (TPSA) is 82.3 Å². The number of rotatable bonds is 5. The van der Waals surface area contributed by atoms with E-state index in [2.05, 4.69) is 62.8 Å². The van der Waals surface area contributed by atoms with Gasteiger partial charge in [-0.05, 0) is 37.6 Å². The van der Waals surface area contributed by atoms with Gasteiger partial charge in [0.25, 0.3) is 0 Å².